The molecule has 0 unspecified atom stereocenters. The zero-order valence-corrected chi connectivity index (χ0v) is 12.0. The molecule has 0 bridgehead atoms. The van der Waals surface area contributed by atoms with Crippen molar-refractivity contribution in [2.24, 2.45) is 0 Å². The van der Waals surface area contributed by atoms with Crippen LogP contribution in [0.15, 0.2) is 12.2 Å². The molecule has 4 N–H and O–H groups in total. The molecule has 0 aliphatic carbocycles. The first kappa shape index (κ1) is 18.6. The van der Waals surface area contributed by atoms with Crippen molar-refractivity contribution in [1.29, 1.82) is 0 Å². The summed E-state index contributed by atoms with van der Waals surface area (Å²) < 4.78 is 0. The van der Waals surface area contributed by atoms with Gasteiger partial charge in [0.25, 0.3) is 0 Å². The molecule has 2 saturated heterocycles. The number of carboxylic acid groups (broad SMARTS) is 2. The predicted molar refractivity (Wildman–Crippen MR) is 70.2 cm³/mol. The minimum Gasteiger partial charge on any atom is -0.545 e. The number of nitrogens with two attached hydrogens (primary N) is 2. The second-order valence-corrected chi connectivity index (χ2v) is 4.82. The van der Waals surface area contributed by atoms with Gasteiger partial charge in [-0.05, 0) is 50.7 Å². The molecule has 2 aliphatic rings. The van der Waals surface area contributed by atoms with Crippen LogP contribution in [0.3, 0.4) is 0 Å². The van der Waals surface area contributed by atoms with Gasteiger partial charge in [0.1, 0.15) is 0 Å². The second kappa shape index (κ2) is 14.0. The monoisotopic (exact) mass is 286 g/mol. The summed E-state index contributed by atoms with van der Waals surface area (Å²) in [5.74, 6) is -3.09. The van der Waals surface area contributed by atoms with Gasteiger partial charge in [-0.3, -0.25) is 0 Å². The lowest BCUT2D eigenvalue weighted by molar-refractivity contribution is -0.662. The third kappa shape index (κ3) is 16.6. The SMILES string of the molecule is C1CC[NH2+]CC1.C1CC[NH2+]CC1.O=C([O-])/C=C/C(=O)[O-]. The summed E-state index contributed by atoms with van der Waals surface area (Å²) in [5, 5.41) is 23.6. The molecule has 0 aromatic rings. The maximum atomic E-state index is 9.41. The van der Waals surface area contributed by atoms with Gasteiger partial charge in [0, 0.05) is 0 Å². The van der Waals surface area contributed by atoms with E-state index in [0.717, 1.165) is 0 Å². The van der Waals surface area contributed by atoms with Gasteiger partial charge in [-0.2, -0.15) is 0 Å². The minimum absolute atomic E-state index is 0.384. The molecule has 0 saturated carbocycles. The van der Waals surface area contributed by atoms with Crippen molar-refractivity contribution in [1.82, 2.24) is 0 Å². The maximum absolute atomic E-state index is 9.41. The largest absolute Gasteiger partial charge is 0.545 e. The predicted octanol–water partition coefficient (Wildman–Crippen LogP) is -3.49. The van der Waals surface area contributed by atoms with Crippen LogP contribution >= 0.6 is 0 Å². The molecule has 0 atom stereocenters. The standard InChI is InChI=1S/2C5H11N.C4H4O4/c2*1-2-4-6-5-3-1;5-3(6)1-2-4(7)8/h2*6H,1-5H2;1-2H,(H,5,6)(H,7,8)/b;;2-1+. The highest BCUT2D eigenvalue weighted by atomic mass is 16.4. The number of carbonyl (C=O) groups excluding carboxylic acids is 2. The average Bonchev–Trinajstić information content (AvgIpc) is 2.50. The van der Waals surface area contributed by atoms with E-state index in [9.17, 15) is 19.8 Å². The zero-order chi connectivity index (χ0) is 15.1. The molecule has 116 valence electrons. The number of piperidine rings is 2. The van der Waals surface area contributed by atoms with Crippen LogP contribution in [0.5, 0.6) is 0 Å². The van der Waals surface area contributed by atoms with Crippen molar-refractivity contribution < 1.29 is 30.4 Å². The molecular weight excluding hydrogens is 260 g/mol. The number of aliphatic carboxylic acids is 2. The Balaban J connectivity index is 0.000000274. The maximum Gasteiger partial charge on any atom is 0.0755 e. The molecule has 6 heteroatoms. The molecule has 20 heavy (non-hydrogen) atoms. The van der Waals surface area contributed by atoms with Crippen molar-refractivity contribution in [2.45, 2.75) is 38.5 Å². The first-order valence-corrected chi connectivity index (χ1v) is 7.36. The lowest BCUT2D eigenvalue weighted by Crippen LogP contribution is -2.85. The zero-order valence-electron chi connectivity index (χ0n) is 12.0. The summed E-state index contributed by atoms with van der Waals surface area (Å²) >= 11 is 0. The molecule has 6 nitrogen and oxygen atoms in total. The Morgan fingerprint density at radius 2 is 0.950 bits per heavy atom. The van der Waals surface area contributed by atoms with Gasteiger partial charge < -0.3 is 30.4 Å². The summed E-state index contributed by atoms with van der Waals surface area (Å²) in [7, 11) is 0. The van der Waals surface area contributed by atoms with Crippen molar-refractivity contribution in [2.75, 3.05) is 26.2 Å². The molecule has 2 heterocycles. The van der Waals surface area contributed by atoms with E-state index in [1.807, 2.05) is 0 Å². The normalized spacial score (nSPS) is 18.2. The van der Waals surface area contributed by atoms with E-state index in [1.165, 1.54) is 64.7 Å². The van der Waals surface area contributed by atoms with Gasteiger partial charge in [-0.25, -0.2) is 0 Å². The fraction of sp³-hybridized carbons (Fsp3) is 0.714. The Labute approximate surface area is 120 Å². The second-order valence-electron chi connectivity index (χ2n) is 4.82. The highest BCUT2D eigenvalue weighted by Crippen LogP contribution is 1.91. The Morgan fingerprint density at radius 3 is 1.05 bits per heavy atom. The Morgan fingerprint density at radius 1 is 0.650 bits per heavy atom. The van der Waals surface area contributed by atoms with Crippen molar-refractivity contribution in [3.05, 3.63) is 12.2 Å². The quantitative estimate of drug-likeness (QED) is 0.513. The Kier molecular flexibility index (Phi) is 13.0. The van der Waals surface area contributed by atoms with Gasteiger partial charge in [0.15, 0.2) is 0 Å². The molecular formula is C14H26N2O4. The van der Waals surface area contributed by atoms with Crippen LogP contribution < -0.4 is 20.8 Å². The fourth-order valence-electron chi connectivity index (χ4n) is 1.93. The van der Waals surface area contributed by atoms with Gasteiger partial charge in [-0.1, -0.05) is 0 Å². The summed E-state index contributed by atoms with van der Waals surface area (Å²) in [6.45, 7) is 5.50. The molecule has 0 aromatic heterocycles. The van der Waals surface area contributed by atoms with Gasteiger partial charge in [0.05, 0.1) is 38.1 Å². The number of quaternary nitrogens is 2. The summed E-state index contributed by atoms with van der Waals surface area (Å²) in [6, 6.07) is 0. The highest BCUT2D eigenvalue weighted by Gasteiger charge is 1.98. The molecule has 2 fully saturated rings. The third-order valence-corrected chi connectivity index (χ3v) is 2.99. The van der Waals surface area contributed by atoms with E-state index < -0.39 is 11.9 Å². The minimum atomic E-state index is -1.55. The smallest absolute Gasteiger partial charge is 0.0755 e. The van der Waals surface area contributed by atoms with E-state index >= 15 is 0 Å². The molecule has 0 spiro atoms. The van der Waals surface area contributed by atoms with Crippen LogP contribution in [0.1, 0.15) is 38.5 Å². The Hall–Kier alpha value is -1.40. The van der Waals surface area contributed by atoms with Crippen molar-refractivity contribution in [3.63, 3.8) is 0 Å². The molecule has 2 aliphatic heterocycles. The van der Waals surface area contributed by atoms with E-state index in [-0.39, 0.29) is 0 Å². The number of carboxylic acids is 2. The lowest BCUT2D eigenvalue weighted by atomic mass is 10.2. The first-order valence-electron chi connectivity index (χ1n) is 7.36. The fourth-order valence-corrected chi connectivity index (χ4v) is 1.93. The van der Waals surface area contributed by atoms with Crippen LogP contribution in [0, 0.1) is 0 Å². The molecule has 0 radical (unpaired) electrons. The third-order valence-electron chi connectivity index (χ3n) is 2.99. The Bertz CT molecular complexity index is 234. The number of rotatable bonds is 2. The van der Waals surface area contributed by atoms with Gasteiger partial charge >= 0.3 is 0 Å². The summed E-state index contributed by atoms with van der Waals surface area (Å²) in [5.41, 5.74) is 0. The average molecular weight is 286 g/mol. The van der Waals surface area contributed by atoms with Crippen molar-refractivity contribution >= 4 is 11.9 Å². The van der Waals surface area contributed by atoms with E-state index in [4.69, 9.17) is 0 Å². The van der Waals surface area contributed by atoms with E-state index in [0.29, 0.717) is 12.2 Å². The van der Waals surface area contributed by atoms with Gasteiger partial charge in [0.2, 0.25) is 0 Å². The first-order chi connectivity index (χ1) is 9.63. The van der Waals surface area contributed by atoms with Crippen LogP contribution in [0.4, 0.5) is 0 Å². The number of hydrogen-bond donors (Lipinski definition) is 2. The molecule has 0 amide bonds. The van der Waals surface area contributed by atoms with Crippen LogP contribution in [-0.4, -0.2) is 38.1 Å². The highest BCUT2D eigenvalue weighted by molar-refractivity contribution is 5.87. The van der Waals surface area contributed by atoms with Crippen molar-refractivity contribution in [3.8, 4) is 0 Å². The molecule has 0 aromatic carbocycles. The van der Waals surface area contributed by atoms with Crippen LogP contribution in [0.2, 0.25) is 0 Å². The van der Waals surface area contributed by atoms with Gasteiger partial charge in [-0.15, -0.1) is 0 Å². The molecule has 2 rings (SSSR count). The van der Waals surface area contributed by atoms with Crippen LogP contribution in [-0.2, 0) is 9.59 Å². The summed E-state index contributed by atoms with van der Waals surface area (Å²) in [4.78, 5) is 18.8. The van der Waals surface area contributed by atoms with E-state index in [1.54, 1.807) is 0 Å². The topological polar surface area (TPSA) is 113 Å². The van der Waals surface area contributed by atoms with Crippen LogP contribution in [0.25, 0.3) is 0 Å². The summed E-state index contributed by atoms with van der Waals surface area (Å²) in [6.07, 6.45) is 9.48. The lowest BCUT2D eigenvalue weighted by Gasteiger charge is -2.05. The number of carbonyl (C=O) groups is 2. The number of hydrogen-bond acceptors (Lipinski definition) is 4. The van der Waals surface area contributed by atoms with E-state index in [2.05, 4.69) is 10.6 Å².